The summed E-state index contributed by atoms with van der Waals surface area (Å²) in [4.78, 5) is 36.9. The molecule has 0 aromatic heterocycles. The third-order valence-corrected chi connectivity index (χ3v) is 6.56. The molecule has 164 valence electrons. The van der Waals surface area contributed by atoms with E-state index in [1.165, 1.54) is 36.4 Å². The van der Waals surface area contributed by atoms with Crippen LogP contribution in [0.1, 0.15) is 11.1 Å². The van der Waals surface area contributed by atoms with E-state index in [1.54, 1.807) is 18.2 Å². The molecule has 2 aromatic carbocycles. The van der Waals surface area contributed by atoms with E-state index in [0.717, 1.165) is 11.0 Å². The molecule has 1 saturated heterocycles. The number of amides is 2. The monoisotopic (exact) mass is 471 g/mol. The number of rotatable bonds is 7. The average Bonchev–Trinajstić information content (AvgIpc) is 2.74. The van der Waals surface area contributed by atoms with Gasteiger partial charge in [0.05, 0.1) is 15.6 Å². The third kappa shape index (κ3) is 4.79. The Kier molecular flexibility index (Phi) is 6.61. The van der Waals surface area contributed by atoms with Crippen molar-refractivity contribution in [3.8, 4) is 0 Å². The Morgan fingerprint density at radius 1 is 1.16 bits per heavy atom. The van der Waals surface area contributed by atoms with Crippen molar-refractivity contribution in [3.05, 3.63) is 88.0 Å². The lowest BCUT2D eigenvalue weighted by atomic mass is 10.0. The quantitative estimate of drug-likeness (QED) is 0.164. The number of nitrogens with zero attached hydrogens (tertiary/aromatic N) is 2. The van der Waals surface area contributed by atoms with E-state index in [1.807, 2.05) is 0 Å². The molecular weight excluding hydrogens is 454 g/mol. The Hall–Kier alpha value is -3.70. The summed E-state index contributed by atoms with van der Waals surface area (Å²) in [6, 6.07) is 11.3. The van der Waals surface area contributed by atoms with Crippen LogP contribution in [0, 0.1) is 10.1 Å². The highest BCUT2D eigenvalue weighted by Crippen LogP contribution is 2.26. The maximum absolute atomic E-state index is 12.7. The summed E-state index contributed by atoms with van der Waals surface area (Å²) in [5.41, 5.74) is -0.458. The fourth-order valence-electron chi connectivity index (χ4n) is 3.06. The number of carbonyl (C=O) groups is 2. The zero-order valence-electron chi connectivity index (χ0n) is 16.6. The molecule has 3 rings (SSSR count). The van der Waals surface area contributed by atoms with Gasteiger partial charge in [-0.25, -0.2) is 8.42 Å². The van der Waals surface area contributed by atoms with Gasteiger partial charge in [0.15, 0.2) is 14.9 Å². The summed E-state index contributed by atoms with van der Waals surface area (Å²) in [5.74, 6) is -2.01. The van der Waals surface area contributed by atoms with Crippen LogP contribution in [0.15, 0.2) is 71.7 Å². The van der Waals surface area contributed by atoms with E-state index >= 15 is 0 Å². The number of nitro groups is 1. The molecular formula is C21H17N3O6S2. The molecule has 0 radical (unpaired) electrons. The number of thiocarbonyl (C=S) groups is 1. The van der Waals surface area contributed by atoms with Gasteiger partial charge >= 0.3 is 0 Å². The SMILES string of the molecule is C=CCN1C(=O)/C(=C/c2ccc([N+](=O)[O-])c(CS(=O)(=O)c3ccccc3)c2)C(=O)NC1=S. The summed E-state index contributed by atoms with van der Waals surface area (Å²) in [6.45, 7) is 3.62. The third-order valence-electron chi connectivity index (χ3n) is 4.56. The van der Waals surface area contributed by atoms with E-state index in [0.29, 0.717) is 0 Å². The molecule has 0 saturated carbocycles. The van der Waals surface area contributed by atoms with Crippen LogP contribution in [0.5, 0.6) is 0 Å². The maximum Gasteiger partial charge on any atom is 0.273 e. The molecule has 0 aliphatic carbocycles. The molecule has 2 amide bonds. The average molecular weight is 472 g/mol. The number of carbonyl (C=O) groups excluding carboxylic acids is 2. The Balaban J connectivity index is 2.03. The van der Waals surface area contributed by atoms with Crippen LogP contribution in [0.3, 0.4) is 0 Å². The van der Waals surface area contributed by atoms with Crippen molar-refractivity contribution in [2.45, 2.75) is 10.6 Å². The van der Waals surface area contributed by atoms with Crippen molar-refractivity contribution < 1.29 is 22.9 Å². The zero-order chi connectivity index (χ0) is 23.5. The minimum atomic E-state index is -3.87. The minimum absolute atomic E-state index is 0.0217. The highest BCUT2D eigenvalue weighted by molar-refractivity contribution is 7.90. The van der Waals surface area contributed by atoms with E-state index in [-0.39, 0.29) is 38.9 Å². The van der Waals surface area contributed by atoms with Crippen molar-refractivity contribution in [2.75, 3.05) is 6.54 Å². The van der Waals surface area contributed by atoms with Crippen LogP contribution in [-0.2, 0) is 25.2 Å². The van der Waals surface area contributed by atoms with Crippen LogP contribution < -0.4 is 5.32 Å². The van der Waals surface area contributed by atoms with Crippen molar-refractivity contribution in [2.24, 2.45) is 0 Å². The van der Waals surface area contributed by atoms with Crippen molar-refractivity contribution in [1.29, 1.82) is 0 Å². The zero-order valence-corrected chi connectivity index (χ0v) is 18.2. The van der Waals surface area contributed by atoms with Crippen LogP contribution in [0.25, 0.3) is 6.08 Å². The second kappa shape index (κ2) is 9.20. The molecule has 1 N–H and O–H groups in total. The number of nitrogens with one attached hydrogen (secondary N) is 1. The largest absolute Gasteiger partial charge is 0.298 e. The highest BCUT2D eigenvalue weighted by atomic mass is 32.2. The molecule has 2 aromatic rings. The van der Waals surface area contributed by atoms with Crippen LogP contribution >= 0.6 is 12.2 Å². The van der Waals surface area contributed by atoms with Gasteiger partial charge in [-0.2, -0.15) is 0 Å². The van der Waals surface area contributed by atoms with Crippen molar-refractivity contribution in [1.82, 2.24) is 10.2 Å². The predicted molar refractivity (Wildman–Crippen MR) is 121 cm³/mol. The van der Waals surface area contributed by atoms with E-state index in [9.17, 15) is 28.1 Å². The van der Waals surface area contributed by atoms with Gasteiger partial charge in [0.25, 0.3) is 17.5 Å². The summed E-state index contributed by atoms with van der Waals surface area (Å²) >= 11 is 4.99. The second-order valence-electron chi connectivity index (χ2n) is 6.74. The van der Waals surface area contributed by atoms with Gasteiger partial charge < -0.3 is 0 Å². The molecule has 1 heterocycles. The first-order chi connectivity index (χ1) is 15.1. The first-order valence-electron chi connectivity index (χ1n) is 9.19. The molecule has 11 heteroatoms. The molecule has 32 heavy (non-hydrogen) atoms. The summed E-state index contributed by atoms with van der Waals surface area (Å²) in [6.07, 6.45) is 2.68. The molecule has 0 spiro atoms. The van der Waals surface area contributed by atoms with Crippen molar-refractivity contribution >= 4 is 50.7 Å². The Labute approximate surface area is 189 Å². The Bertz CT molecular complexity index is 1270. The number of hydrogen-bond acceptors (Lipinski definition) is 7. The van der Waals surface area contributed by atoms with Gasteiger partial charge in [-0.3, -0.25) is 29.9 Å². The smallest absolute Gasteiger partial charge is 0.273 e. The van der Waals surface area contributed by atoms with Gasteiger partial charge in [-0.1, -0.05) is 24.3 Å². The number of benzene rings is 2. The molecule has 0 bridgehead atoms. The lowest BCUT2D eigenvalue weighted by molar-refractivity contribution is -0.385. The molecule has 1 aliphatic rings. The minimum Gasteiger partial charge on any atom is -0.298 e. The normalized spacial score (nSPS) is 15.6. The molecule has 0 atom stereocenters. The second-order valence-corrected chi connectivity index (χ2v) is 9.12. The topological polar surface area (TPSA) is 127 Å². The fourth-order valence-corrected chi connectivity index (χ4v) is 4.69. The summed E-state index contributed by atoms with van der Waals surface area (Å²) in [5, 5.41) is 13.8. The van der Waals surface area contributed by atoms with E-state index < -0.39 is 32.3 Å². The lowest BCUT2D eigenvalue weighted by Gasteiger charge is -2.27. The Morgan fingerprint density at radius 2 is 1.84 bits per heavy atom. The lowest BCUT2D eigenvalue weighted by Crippen LogP contribution is -2.53. The van der Waals surface area contributed by atoms with Crippen LogP contribution in [0.2, 0.25) is 0 Å². The number of nitro benzene ring substituents is 1. The molecule has 0 unspecified atom stereocenters. The van der Waals surface area contributed by atoms with E-state index in [2.05, 4.69) is 11.9 Å². The predicted octanol–water partition coefficient (Wildman–Crippen LogP) is 2.38. The van der Waals surface area contributed by atoms with Crippen LogP contribution in [-0.4, -0.2) is 41.7 Å². The first-order valence-corrected chi connectivity index (χ1v) is 11.2. The highest BCUT2D eigenvalue weighted by Gasteiger charge is 2.32. The molecule has 9 nitrogen and oxygen atoms in total. The van der Waals surface area contributed by atoms with Gasteiger partial charge in [0, 0.05) is 18.2 Å². The van der Waals surface area contributed by atoms with Gasteiger partial charge in [0.1, 0.15) is 5.57 Å². The molecule has 1 fully saturated rings. The number of sulfone groups is 1. The summed E-state index contributed by atoms with van der Waals surface area (Å²) in [7, 11) is -3.87. The van der Waals surface area contributed by atoms with E-state index in [4.69, 9.17) is 12.2 Å². The summed E-state index contributed by atoms with van der Waals surface area (Å²) < 4.78 is 25.5. The number of hydrogen-bond donors (Lipinski definition) is 1. The van der Waals surface area contributed by atoms with Crippen LogP contribution in [0.4, 0.5) is 5.69 Å². The van der Waals surface area contributed by atoms with Gasteiger partial charge in [-0.05, 0) is 48.1 Å². The standard InChI is InChI=1S/C21H17N3O6S2/c1-2-10-23-20(26)17(19(25)22-21(23)31)12-14-8-9-18(24(27)28)15(11-14)13-32(29,30)16-6-4-3-5-7-16/h2-9,11-12H,1,10,13H2,(H,22,25,31)/b17-12+. The van der Waals surface area contributed by atoms with Gasteiger partial charge in [0.2, 0.25) is 0 Å². The molecule has 1 aliphatic heterocycles. The maximum atomic E-state index is 12.7. The Morgan fingerprint density at radius 3 is 2.47 bits per heavy atom. The fraction of sp³-hybridized carbons (Fsp3) is 0.0952. The van der Waals surface area contributed by atoms with Gasteiger partial charge in [-0.15, -0.1) is 6.58 Å². The first kappa shape index (κ1) is 23.0. The van der Waals surface area contributed by atoms with Crippen molar-refractivity contribution in [3.63, 3.8) is 0 Å².